The molecule has 0 atom stereocenters. The molecule has 0 radical (unpaired) electrons. The summed E-state index contributed by atoms with van der Waals surface area (Å²) in [5.74, 6) is 0. The second-order valence-corrected chi connectivity index (χ2v) is 1.32. The van der Waals surface area contributed by atoms with E-state index in [9.17, 15) is 0 Å². The maximum atomic E-state index is 8.60. The van der Waals surface area contributed by atoms with Crippen LogP contribution < -0.4 is 60.2 Å². The second kappa shape index (κ2) is 23.0. The molecule has 0 aliphatic rings. The molecule has 0 fully saturated rings. The van der Waals surface area contributed by atoms with Gasteiger partial charge in [0.2, 0.25) is 0 Å². The number of rotatable bonds is 0. The third-order valence-electron chi connectivity index (χ3n) is 0. The molecule has 0 bridgehead atoms. The van der Waals surface area contributed by atoms with Gasteiger partial charge in [-0.15, -0.1) is 0 Å². The van der Waals surface area contributed by atoms with Crippen molar-refractivity contribution in [3.63, 3.8) is 0 Å². The molecule has 8 heavy (non-hydrogen) atoms. The third-order valence-corrected chi connectivity index (χ3v) is 0. The fourth-order valence-electron chi connectivity index (χ4n) is 0. The van der Waals surface area contributed by atoms with E-state index in [-0.39, 0.29) is 62.1 Å². The second-order valence-electron chi connectivity index (χ2n) is 0.224. The van der Waals surface area contributed by atoms with Gasteiger partial charge in [0.15, 0.2) is 0 Å². The average molecular weight is 178 g/mol. The van der Waals surface area contributed by atoms with Crippen molar-refractivity contribution in [2.24, 2.45) is 0 Å². The summed E-state index contributed by atoms with van der Waals surface area (Å²) in [7, 11) is 0. The summed E-state index contributed by atoms with van der Waals surface area (Å²) >= 11 is -4.20. The van der Waals surface area contributed by atoms with Crippen molar-refractivity contribution in [2.75, 3.05) is 0 Å². The zero-order chi connectivity index (χ0) is 3.58. The Morgan fingerprint density at radius 2 is 1.00 bits per heavy atom. The first-order valence-electron chi connectivity index (χ1n) is 0.548. The van der Waals surface area contributed by atoms with E-state index in [0.717, 1.165) is 0 Å². The Morgan fingerprint density at radius 1 is 1.00 bits per heavy atom. The van der Waals surface area contributed by atoms with Crippen LogP contribution in [0.2, 0.25) is 0 Å². The molecule has 0 aliphatic carbocycles. The van der Waals surface area contributed by atoms with Gasteiger partial charge in [0.25, 0.3) is 0 Å². The van der Waals surface area contributed by atoms with Crippen molar-refractivity contribution < 1.29 is 91.0 Å². The molecular weight excluding hydrogens is 178 g/mol. The first-order valence-corrected chi connectivity index (χ1v) is 3.24. The monoisotopic (exact) mass is 178 g/mol. The summed E-state index contributed by atoms with van der Waals surface area (Å²) in [6.07, 6.45) is 0. The van der Waals surface area contributed by atoms with Gasteiger partial charge >= 0.3 is 85.5 Å². The van der Waals surface area contributed by atoms with Crippen LogP contribution in [-0.4, -0.2) is 0 Å². The summed E-state index contributed by atoms with van der Waals surface area (Å²) in [5, 5.41) is 0. The van der Waals surface area contributed by atoms with Gasteiger partial charge in [-0.3, -0.25) is 0 Å². The van der Waals surface area contributed by atoms with E-state index >= 15 is 0 Å². The topological polar surface area (TPSA) is 85.7 Å². The van der Waals surface area contributed by atoms with Gasteiger partial charge in [0.1, 0.15) is 0 Å². The molecule has 0 aromatic carbocycles. The summed E-state index contributed by atoms with van der Waals surface area (Å²) in [5.41, 5.74) is 0. The molecule has 32 valence electrons. The Hall–Kier alpha value is 2.05. The molecule has 0 aliphatic heterocycles. The number of hydrogen-bond donors (Lipinski definition) is 0. The Bertz CT molecular complexity index is 59.7. The van der Waals surface area contributed by atoms with E-state index < -0.39 is 18.8 Å². The van der Waals surface area contributed by atoms with Crippen molar-refractivity contribution in [1.82, 2.24) is 0 Å². The van der Waals surface area contributed by atoms with Crippen LogP contribution >= 0.6 is 0 Å². The van der Waals surface area contributed by atoms with Crippen LogP contribution in [0, 0.1) is 0 Å². The van der Waals surface area contributed by atoms with Crippen molar-refractivity contribution in [2.45, 2.75) is 0 Å². The Balaban J connectivity index is -0.00000000750. The third kappa shape index (κ3) is 95.1. The SMILES string of the molecule is [Li+].[Li+].[Li+].[O-2].[O]=[Nb](=[O])[O-]. The zero-order valence-electron chi connectivity index (χ0n) is 5.08. The van der Waals surface area contributed by atoms with Gasteiger partial charge in [-0.1, -0.05) is 0 Å². The minimum absolute atomic E-state index is 0. The van der Waals surface area contributed by atoms with Crippen molar-refractivity contribution in [3.8, 4) is 0 Å². The van der Waals surface area contributed by atoms with E-state index in [4.69, 9.17) is 10.1 Å². The van der Waals surface area contributed by atoms with Gasteiger partial charge < -0.3 is 5.48 Å². The van der Waals surface area contributed by atoms with Gasteiger partial charge in [0.05, 0.1) is 0 Å². The molecule has 8 heteroatoms. The fraction of sp³-hybridized carbons (Fsp3) is 0. The summed E-state index contributed by atoms with van der Waals surface area (Å²) < 4.78 is 25.8. The molecule has 0 N–H and O–H groups in total. The Kier molecular flexibility index (Phi) is 92.8. The van der Waals surface area contributed by atoms with E-state index in [1.807, 2.05) is 0 Å². The summed E-state index contributed by atoms with van der Waals surface area (Å²) in [6.45, 7) is 0. The van der Waals surface area contributed by atoms with Crippen molar-refractivity contribution >= 4 is 0 Å². The normalized spacial score (nSPS) is 3.12. The molecule has 0 heterocycles. The average Bonchev–Trinajstić information content (AvgIpc) is 0.811. The molecule has 0 amide bonds. The first-order chi connectivity index (χ1) is 1.73. The van der Waals surface area contributed by atoms with Crippen LogP contribution in [0.1, 0.15) is 0 Å². The number of hydrogen-bond acceptors (Lipinski definition) is 3. The Morgan fingerprint density at radius 3 is 1.00 bits per heavy atom. The van der Waals surface area contributed by atoms with Crippen LogP contribution in [0.25, 0.3) is 0 Å². The van der Waals surface area contributed by atoms with E-state index in [2.05, 4.69) is 0 Å². The van der Waals surface area contributed by atoms with E-state index in [1.54, 1.807) is 0 Å². The van der Waals surface area contributed by atoms with Crippen LogP contribution in [0.5, 0.6) is 0 Å². The quantitative estimate of drug-likeness (QED) is 0.345. The molecule has 0 saturated carbocycles. The molecule has 0 aromatic rings. The van der Waals surface area contributed by atoms with Gasteiger partial charge in [-0.05, 0) is 0 Å². The van der Waals surface area contributed by atoms with Gasteiger partial charge in [-0.2, -0.15) is 0 Å². The van der Waals surface area contributed by atoms with Crippen LogP contribution in [-0.2, 0) is 30.8 Å². The Labute approximate surface area is 89.9 Å². The molecular formula is Li3NbO4. The van der Waals surface area contributed by atoms with Crippen molar-refractivity contribution in [3.05, 3.63) is 0 Å². The standard InChI is InChI=1S/3Li.Nb.4O/q3*+1;;;;-2;-1. The van der Waals surface area contributed by atoms with Crippen LogP contribution in [0.3, 0.4) is 0 Å². The fourth-order valence-corrected chi connectivity index (χ4v) is 0. The van der Waals surface area contributed by atoms with E-state index in [0.29, 0.717) is 0 Å². The molecule has 0 unspecified atom stereocenters. The van der Waals surface area contributed by atoms with Crippen LogP contribution in [0.4, 0.5) is 0 Å². The summed E-state index contributed by atoms with van der Waals surface area (Å²) in [4.78, 5) is 0. The van der Waals surface area contributed by atoms with Gasteiger partial charge in [0, 0.05) is 0 Å². The van der Waals surface area contributed by atoms with Crippen LogP contribution in [0.15, 0.2) is 0 Å². The van der Waals surface area contributed by atoms with Gasteiger partial charge in [-0.25, -0.2) is 0 Å². The molecule has 0 aromatic heterocycles. The summed E-state index contributed by atoms with van der Waals surface area (Å²) in [6, 6.07) is 0. The molecule has 0 rings (SSSR count). The molecule has 0 spiro atoms. The first kappa shape index (κ1) is 32.3. The molecule has 0 saturated heterocycles. The van der Waals surface area contributed by atoms with E-state index in [1.165, 1.54) is 0 Å². The zero-order valence-corrected chi connectivity index (χ0v) is 7.28. The predicted octanol–water partition coefficient (Wildman–Crippen LogP) is -10.5. The van der Waals surface area contributed by atoms with Crippen molar-refractivity contribution in [1.29, 1.82) is 0 Å². The molecule has 4 nitrogen and oxygen atoms in total. The predicted molar refractivity (Wildman–Crippen MR) is 2.06 cm³/mol. The maximum absolute atomic E-state index is 8.60. The minimum atomic E-state index is -4.20.